The van der Waals surface area contributed by atoms with Gasteiger partial charge in [0.25, 0.3) is 0 Å². The summed E-state index contributed by atoms with van der Waals surface area (Å²) in [6.45, 7) is 7.36. The molecule has 0 fully saturated rings. The molecule has 0 bridgehead atoms. The fraction of sp³-hybridized carbons (Fsp3) is 0.263. The molecule has 23 heavy (non-hydrogen) atoms. The average Bonchev–Trinajstić information content (AvgIpc) is 3.13. The molecule has 3 nitrogen and oxygen atoms in total. The summed E-state index contributed by atoms with van der Waals surface area (Å²) in [5, 5.41) is 2.09. The van der Waals surface area contributed by atoms with Gasteiger partial charge in [0.05, 0.1) is 6.54 Å². The van der Waals surface area contributed by atoms with Gasteiger partial charge in [-0.3, -0.25) is 4.79 Å². The van der Waals surface area contributed by atoms with Crippen LogP contribution in [-0.2, 0) is 13.1 Å². The molecule has 0 aromatic carbocycles. The molecule has 3 rings (SSSR count). The van der Waals surface area contributed by atoms with Gasteiger partial charge >= 0.3 is 0 Å². The maximum absolute atomic E-state index is 12.7. The highest BCUT2D eigenvalue weighted by molar-refractivity contribution is 7.09. The molecule has 0 atom stereocenters. The number of carbonyl (C=O) groups excluding carboxylic acids is 1. The van der Waals surface area contributed by atoms with Crippen LogP contribution in [0.1, 0.15) is 32.2 Å². The molecule has 0 radical (unpaired) electrons. The lowest BCUT2D eigenvalue weighted by atomic mass is 10.1. The quantitative estimate of drug-likeness (QED) is 0.519. The molecule has 0 spiro atoms. The van der Waals surface area contributed by atoms with Crippen LogP contribution in [0, 0.1) is 20.8 Å². The van der Waals surface area contributed by atoms with Gasteiger partial charge in [-0.05, 0) is 43.8 Å². The van der Waals surface area contributed by atoms with E-state index in [0.717, 1.165) is 23.5 Å². The fourth-order valence-electron chi connectivity index (χ4n) is 2.77. The highest BCUT2D eigenvalue weighted by Crippen LogP contribution is 2.19. The van der Waals surface area contributed by atoms with Crippen LogP contribution in [0.4, 0.5) is 0 Å². The molecular formula is C19H21N2OS+. The monoisotopic (exact) mass is 325 g/mol. The van der Waals surface area contributed by atoms with E-state index in [9.17, 15) is 4.79 Å². The van der Waals surface area contributed by atoms with Crippen molar-refractivity contribution in [3.8, 4) is 0 Å². The molecule has 0 amide bonds. The first-order valence-electron chi connectivity index (χ1n) is 7.72. The molecule has 3 heterocycles. The predicted molar refractivity (Wildman–Crippen MR) is 93.0 cm³/mol. The van der Waals surface area contributed by atoms with Gasteiger partial charge in [0, 0.05) is 34.0 Å². The number of hydrogen-bond acceptors (Lipinski definition) is 2. The van der Waals surface area contributed by atoms with Gasteiger partial charge in [-0.25, -0.2) is 0 Å². The fourth-order valence-corrected chi connectivity index (χ4v) is 3.47. The molecule has 0 aliphatic rings. The zero-order valence-electron chi connectivity index (χ0n) is 13.7. The molecule has 0 unspecified atom stereocenters. The molecule has 0 aliphatic heterocycles. The third-order valence-electron chi connectivity index (χ3n) is 4.15. The van der Waals surface area contributed by atoms with E-state index in [4.69, 9.17) is 0 Å². The molecule has 3 aromatic rings. The van der Waals surface area contributed by atoms with E-state index in [2.05, 4.69) is 29.0 Å². The number of thiophene rings is 1. The maximum Gasteiger partial charge on any atom is 0.229 e. The van der Waals surface area contributed by atoms with E-state index in [-0.39, 0.29) is 5.78 Å². The van der Waals surface area contributed by atoms with E-state index in [1.165, 1.54) is 10.4 Å². The van der Waals surface area contributed by atoms with Gasteiger partial charge in [0.1, 0.15) is 0 Å². The van der Waals surface area contributed by atoms with Crippen molar-refractivity contribution in [3.05, 3.63) is 75.5 Å². The third kappa shape index (κ3) is 3.42. The van der Waals surface area contributed by atoms with Crippen molar-refractivity contribution in [3.63, 3.8) is 0 Å². The number of rotatable bonds is 5. The second kappa shape index (κ2) is 6.50. The topological polar surface area (TPSA) is 25.9 Å². The first-order valence-corrected chi connectivity index (χ1v) is 8.60. The maximum atomic E-state index is 12.7. The Morgan fingerprint density at radius 2 is 1.91 bits per heavy atom. The number of aryl methyl sites for hydroxylation is 2. The second-order valence-electron chi connectivity index (χ2n) is 5.92. The number of Topliss-reactive ketones (excluding diaryl/α,β-unsaturated/α-hetero) is 1. The van der Waals surface area contributed by atoms with Crippen LogP contribution in [0.3, 0.4) is 0 Å². The lowest BCUT2D eigenvalue weighted by molar-refractivity contribution is -0.683. The minimum absolute atomic E-state index is 0.157. The standard InChI is InChI=1S/C19H21N2OS/c1-14-6-8-20(9-7-14)13-19(22)18-11-15(2)21(16(18)3)12-17-5-4-10-23-17/h4-11H,12-13H2,1-3H3/q+1. The lowest BCUT2D eigenvalue weighted by Gasteiger charge is -2.08. The van der Waals surface area contributed by atoms with E-state index >= 15 is 0 Å². The lowest BCUT2D eigenvalue weighted by Crippen LogP contribution is -2.37. The van der Waals surface area contributed by atoms with Gasteiger partial charge in [-0.1, -0.05) is 6.07 Å². The van der Waals surface area contributed by atoms with Crippen LogP contribution in [-0.4, -0.2) is 10.4 Å². The Kier molecular flexibility index (Phi) is 4.44. The van der Waals surface area contributed by atoms with Gasteiger partial charge in [0.2, 0.25) is 12.3 Å². The van der Waals surface area contributed by atoms with Gasteiger partial charge in [0.15, 0.2) is 12.4 Å². The number of pyridine rings is 1. The minimum Gasteiger partial charge on any atom is -0.343 e. The first-order chi connectivity index (χ1) is 11.0. The van der Waals surface area contributed by atoms with Crippen molar-refractivity contribution in [2.75, 3.05) is 0 Å². The van der Waals surface area contributed by atoms with Crippen molar-refractivity contribution < 1.29 is 9.36 Å². The molecule has 3 aromatic heterocycles. The van der Waals surface area contributed by atoms with Crippen LogP contribution in [0.25, 0.3) is 0 Å². The Bertz CT molecular complexity index is 814. The molecule has 4 heteroatoms. The van der Waals surface area contributed by atoms with Crippen molar-refractivity contribution in [1.29, 1.82) is 0 Å². The smallest absolute Gasteiger partial charge is 0.229 e. The molecule has 0 N–H and O–H groups in total. The number of hydrogen-bond donors (Lipinski definition) is 0. The first kappa shape index (κ1) is 15.7. The summed E-state index contributed by atoms with van der Waals surface area (Å²) < 4.78 is 4.15. The summed E-state index contributed by atoms with van der Waals surface area (Å²) in [5.74, 6) is 0.157. The Balaban J connectivity index is 1.82. The van der Waals surface area contributed by atoms with E-state index in [1.807, 2.05) is 49.0 Å². The number of ketones is 1. The predicted octanol–water partition coefficient (Wildman–Crippen LogP) is 3.69. The number of nitrogens with zero attached hydrogens (tertiary/aromatic N) is 2. The molecular weight excluding hydrogens is 304 g/mol. The minimum atomic E-state index is 0.157. The van der Waals surface area contributed by atoms with Crippen molar-refractivity contribution in [2.24, 2.45) is 0 Å². The number of carbonyl (C=O) groups is 1. The van der Waals surface area contributed by atoms with E-state index in [0.29, 0.717) is 6.54 Å². The Morgan fingerprint density at radius 1 is 1.17 bits per heavy atom. The molecule has 0 aliphatic carbocycles. The van der Waals surface area contributed by atoms with E-state index in [1.54, 1.807) is 11.3 Å². The number of aromatic nitrogens is 2. The van der Waals surface area contributed by atoms with Crippen LogP contribution in [0.5, 0.6) is 0 Å². The summed E-state index contributed by atoms with van der Waals surface area (Å²) in [5.41, 5.74) is 4.21. The second-order valence-corrected chi connectivity index (χ2v) is 6.95. The van der Waals surface area contributed by atoms with Crippen LogP contribution in [0.2, 0.25) is 0 Å². The third-order valence-corrected chi connectivity index (χ3v) is 5.01. The van der Waals surface area contributed by atoms with Crippen molar-refractivity contribution in [1.82, 2.24) is 4.57 Å². The summed E-state index contributed by atoms with van der Waals surface area (Å²) in [6, 6.07) is 10.3. The summed E-state index contributed by atoms with van der Waals surface area (Å²) in [7, 11) is 0. The zero-order chi connectivity index (χ0) is 16.4. The molecule has 0 saturated heterocycles. The SMILES string of the molecule is Cc1cc[n+](CC(=O)c2cc(C)n(Cc3cccs3)c2C)cc1. The molecule has 0 saturated carbocycles. The highest BCUT2D eigenvalue weighted by Gasteiger charge is 2.19. The molecule has 118 valence electrons. The summed E-state index contributed by atoms with van der Waals surface area (Å²) in [6.07, 6.45) is 3.91. The zero-order valence-corrected chi connectivity index (χ0v) is 14.6. The van der Waals surface area contributed by atoms with E-state index < -0.39 is 0 Å². The normalized spacial score (nSPS) is 10.9. The van der Waals surface area contributed by atoms with Crippen molar-refractivity contribution in [2.45, 2.75) is 33.9 Å². The van der Waals surface area contributed by atoms with Crippen LogP contribution >= 0.6 is 11.3 Å². The van der Waals surface area contributed by atoms with Crippen molar-refractivity contribution >= 4 is 17.1 Å². The Morgan fingerprint density at radius 3 is 2.57 bits per heavy atom. The highest BCUT2D eigenvalue weighted by atomic mass is 32.1. The summed E-state index contributed by atoms with van der Waals surface area (Å²) >= 11 is 1.75. The average molecular weight is 325 g/mol. The van der Waals surface area contributed by atoms with Gasteiger partial charge < -0.3 is 4.57 Å². The van der Waals surface area contributed by atoms with Gasteiger partial charge in [-0.2, -0.15) is 4.57 Å². The Labute approximate surface area is 140 Å². The van der Waals surface area contributed by atoms with Gasteiger partial charge in [-0.15, -0.1) is 11.3 Å². The Hall–Kier alpha value is -2.20. The summed E-state index contributed by atoms with van der Waals surface area (Å²) in [4.78, 5) is 14.0. The van der Waals surface area contributed by atoms with Crippen LogP contribution < -0.4 is 4.57 Å². The van der Waals surface area contributed by atoms with Crippen LogP contribution in [0.15, 0.2) is 48.1 Å². The largest absolute Gasteiger partial charge is 0.343 e.